The molecule has 4 rings (SSSR count). The van der Waals surface area contributed by atoms with Crippen molar-refractivity contribution in [2.75, 3.05) is 6.54 Å². The van der Waals surface area contributed by atoms with Crippen LogP contribution in [0.4, 0.5) is 0 Å². The van der Waals surface area contributed by atoms with Crippen LogP contribution in [0.5, 0.6) is 0 Å². The standard InChI is InChI=1S/C23H24N4OS/c1-16-8-10-18(11-9-16)23-26-19(15-29-23)14-22(28)24-12-5-13-27-17(2)25-20-6-3-4-7-21(20)27/h3-4,6-11,15H,5,12-14H2,1-2H3,(H,24,28). The molecule has 0 aliphatic heterocycles. The summed E-state index contributed by atoms with van der Waals surface area (Å²) in [5, 5.41) is 5.93. The highest BCUT2D eigenvalue weighted by Crippen LogP contribution is 2.24. The lowest BCUT2D eigenvalue weighted by Crippen LogP contribution is -2.27. The van der Waals surface area contributed by atoms with Crippen molar-refractivity contribution in [2.45, 2.75) is 33.2 Å². The number of hydrogen-bond acceptors (Lipinski definition) is 4. The first-order valence-corrected chi connectivity index (χ1v) is 10.7. The zero-order chi connectivity index (χ0) is 20.2. The number of thiazole rings is 1. The molecule has 6 heteroatoms. The normalized spacial score (nSPS) is 11.1. The van der Waals surface area contributed by atoms with Crippen LogP contribution >= 0.6 is 11.3 Å². The number of benzene rings is 2. The van der Waals surface area contributed by atoms with Gasteiger partial charge in [-0.25, -0.2) is 9.97 Å². The fourth-order valence-electron chi connectivity index (χ4n) is 3.39. The number of carbonyl (C=O) groups is 1. The van der Waals surface area contributed by atoms with Crippen molar-refractivity contribution in [3.05, 3.63) is 71.0 Å². The molecule has 148 valence electrons. The molecule has 0 saturated carbocycles. The number of nitrogens with zero attached hydrogens (tertiary/aromatic N) is 3. The van der Waals surface area contributed by atoms with Crippen molar-refractivity contribution >= 4 is 28.3 Å². The summed E-state index contributed by atoms with van der Waals surface area (Å²) in [5.41, 5.74) is 5.29. The van der Waals surface area contributed by atoms with Crippen LogP contribution in [0, 0.1) is 13.8 Å². The van der Waals surface area contributed by atoms with Gasteiger partial charge in [-0.05, 0) is 32.4 Å². The summed E-state index contributed by atoms with van der Waals surface area (Å²) < 4.78 is 2.20. The van der Waals surface area contributed by atoms with Gasteiger partial charge in [0.05, 0.1) is 23.1 Å². The van der Waals surface area contributed by atoms with Crippen molar-refractivity contribution in [3.8, 4) is 10.6 Å². The Labute approximate surface area is 174 Å². The highest BCUT2D eigenvalue weighted by atomic mass is 32.1. The number of imidazole rings is 1. The predicted molar refractivity (Wildman–Crippen MR) is 118 cm³/mol. The third-order valence-electron chi connectivity index (χ3n) is 4.92. The molecule has 0 fully saturated rings. The van der Waals surface area contributed by atoms with Gasteiger partial charge in [0.25, 0.3) is 0 Å². The van der Waals surface area contributed by atoms with Crippen molar-refractivity contribution in [2.24, 2.45) is 0 Å². The van der Waals surface area contributed by atoms with E-state index in [4.69, 9.17) is 0 Å². The van der Waals surface area contributed by atoms with Gasteiger partial charge in [0.2, 0.25) is 5.91 Å². The van der Waals surface area contributed by atoms with Crippen LogP contribution < -0.4 is 5.32 Å². The molecule has 2 aromatic heterocycles. The molecule has 0 radical (unpaired) electrons. The Bertz CT molecular complexity index is 1130. The van der Waals surface area contributed by atoms with Crippen LogP contribution in [0.2, 0.25) is 0 Å². The number of nitrogens with one attached hydrogen (secondary N) is 1. The van der Waals surface area contributed by atoms with Crippen LogP contribution in [-0.4, -0.2) is 27.0 Å². The monoisotopic (exact) mass is 404 g/mol. The van der Waals surface area contributed by atoms with Gasteiger partial charge in [-0.15, -0.1) is 11.3 Å². The van der Waals surface area contributed by atoms with E-state index < -0.39 is 0 Å². The van der Waals surface area contributed by atoms with Gasteiger partial charge in [0.1, 0.15) is 10.8 Å². The summed E-state index contributed by atoms with van der Waals surface area (Å²) in [6, 6.07) is 16.4. The molecule has 0 aliphatic carbocycles. The summed E-state index contributed by atoms with van der Waals surface area (Å²) >= 11 is 1.58. The number of hydrogen-bond donors (Lipinski definition) is 1. The van der Waals surface area contributed by atoms with Crippen LogP contribution in [0.25, 0.3) is 21.6 Å². The molecular formula is C23H24N4OS. The molecule has 0 aliphatic rings. The van der Waals surface area contributed by atoms with Crippen LogP contribution in [0.3, 0.4) is 0 Å². The molecule has 0 unspecified atom stereocenters. The maximum absolute atomic E-state index is 12.3. The molecule has 0 atom stereocenters. The average Bonchev–Trinajstić information content (AvgIpc) is 3.30. The molecule has 0 bridgehead atoms. The highest BCUT2D eigenvalue weighted by molar-refractivity contribution is 7.13. The summed E-state index contributed by atoms with van der Waals surface area (Å²) in [6.45, 7) is 5.56. The van der Waals surface area contributed by atoms with Crippen molar-refractivity contribution < 1.29 is 4.79 Å². The van der Waals surface area contributed by atoms with E-state index in [2.05, 4.69) is 57.1 Å². The van der Waals surface area contributed by atoms with Crippen molar-refractivity contribution in [3.63, 3.8) is 0 Å². The molecule has 4 aromatic rings. The number of carbonyl (C=O) groups excluding carboxylic acids is 1. The number of aryl methyl sites for hydroxylation is 3. The lowest BCUT2D eigenvalue weighted by molar-refractivity contribution is -0.120. The second-order valence-electron chi connectivity index (χ2n) is 7.19. The minimum Gasteiger partial charge on any atom is -0.356 e. The summed E-state index contributed by atoms with van der Waals surface area (Å²) in [7, 11) is 0. The summed E-state index contributed by atoms with van der Waals surface area (Å²) in [6.07, 6.45) is 1.17. The number of rotatable bonds is 7. The van der Waals surface area contributed by atoms with E-state index in [1.165, 1.54) is 5.56 Å². The molecule has 0 saturated heterocycles. The van der Waals surface area contributed by atoms with E-state index in [0.29, 0.717) is 13.0 Å². The lowest BCUT2D eigenvalue weighted by atomic mass is 10.2. The predicted octanol–water partition coefficient (Wildman–Crippen LogP) is 4.53. The Morgan fingerprint density at radius 1 is 1.07 bits per heavy atom. The first-order chi connectivity index (χ1) is 14.1. The van der Waals surface area contributed by atoms with Gasteiger partial charge in [-0.1, -0.05) is 42.0 Å². The first-order valence-electron chi connectivity index (χ1n) is 9.80. The van der Waals surface area contributed by atoms with Crippen molar-refractivity contribution in [1.29, 1.82) is 0 Å². The minimum atomic E-state index is 0.0120. The smallest absolute Gasteiger partial charge is 0.226 e. The second kappa shape index (κ2) is 8.57. The molecule has 29 heavy (non-hydrogen) atoms. The fraction of sp³-hybridized carbons (Fsp3) is 0.261. The summed E-state index contributed by atoms with van der Waals surface area (Å²) in [4.78, 5) is 21.5. The molecule has 1 amide bonds. The molecular weight excluding hydrogens is 380 g/mol. The van der Waals surface area contributed by atoms with E-state index in [-0.39, 0.29) is 5.91 Å². The van der Waals surface area contributed by atoms with Crippen LogP contribution in [0.15, 0.2) is 53.9 Å². The van der Waals surface area contributed by atoms with E-state index in [1.807, 2.05) is 30.5 Å². The lowest BCUT2D eigenvalue weighted by Gasteiger charge is -2.08. The SMILES string of the molecule is Cc1ccc(-c2nc(CC(=O)NCCCn3c(C)nc4ccccc43)cs2)cc1. The Morgan fingerprint density at radius 3 is 2.69 bits per heavy atom. The fourth-order valence-corrected chi connectivity index (χ4v) is 4.21. The molecule has 0 spiro atoms. The Hall–Kier alpha value is -2.99. The van der Waals surface area contributed by atoms with Gasteiger partial charge in [-0.2, -0.15) is 0 Å². The van der Waals surface area contributed by atoms with Crippen LogP contribution in [-0.2, 0) is 17.8 Å². The average molecular weight is 405 g/mol. The van der Waals surface area contributed by atoms with E-state index in [0.717, 1.165) is 46.1 Å². The largest absolute Gasteiger partial charge is 0.356 e. The highest BCUT2D eigenvalue weighted by Gasteiger charge is 2.10. The Balaban J connectivity index is 1.27. The molecule has 1 N–H and O–H groups in total. The van der Waals surface area contributed by atoms with Gasteiger partial charge >= 0.3 is 0 Å². The van der Waals surface area contributed by atoms with Gasteiger partial charge < -0.3 is 9.88 Å². The van der Waals surface area contributed by atoms with E-state index in [9.17, 15) is 4.79 Å². The summed E-state index contributed by atoms with van der Waals surface area (Å²) in [5.74, 6) is 1.02. The zero-order valence-electron chi connectivity index (χ0n) is 16.7. The van der Waals surface area contributed by atoms with Gasteiger partial charge in [0, 0.05) is 24.0 Å². The van der Waals surface area contributed by atoms with E-state index >= 15 is 0 Å². The minimum absolute atomic E-state index is 0.0120. The van der Waals surface area contributed by atoms with Crippen molar-refractivity contribution in [1.82, 2.24) is 19.9 Å². The maximum atomic E-state index is 12.3. The quantitative estimate of drug-likeness (QED) is 0.461. The maximum Gasteiger partial charge on any atom is 0.226 e. The number of fused-ring (bicyclic) bond motifs is 1. The number of amides is 1. The van der Waals surface area contributed by atoms with E-state index in [1.54, 1.807) is 11.3 Å². The number of aromatic nitrogens is 3. The topological polar surface area (TPSA) is 59.8 Å². The Kier molecular flexibility index (Phi) is 5.71. The first kappa shape index (κ1) is 19.3. The third kappa shape index (κ3) is 4.54. The van der Waals surface area contributed by atoms with Gasteiger partial charge in [0.15, 0.2) is 0 Å². The Morgan fingerprint density at radius 2 is 1.86 bits per heavy atom. The van der Waals surface area contributed by atoms with Crippen LogP contribution in [0.1, 0.15) is 23.5 Å². The molecule has 5 nitrogen and oxygen atoms in total. The second-order valence-corrected chi connectivity index (χ2v) is 8.05. The number of para-hydroxylation sites is 2. The third-order valence-corrected chi connectivity index (χ3v) is 5.86. The molecule has 2 heterocycles. The zero-order valence-corrected chi connectivity index (χ0v) is 17.5. The molecule has 2 aromatic carbocycles. The van der Waals surface area contributed by atoms with Gasteiger partial charge in [-0.3, -0.25) is 4.79 Å².